The molecule has 0 atom stereocenters. The largest absolute Gasteiger partial charge is 0.340 e. The summed E-state index contributed by atoms with van der Waals surface area (Å²) in [6.45, 7) is 0. The van der Waals surface area contributed by atoms with Gasteiger partial charge in [0.1, 0.15) is 12.0 Å². The van der Waals surface area contributed by atoms with Crippen LogP contribution in [0.1, 0.15) is 5.56 Å². The maximum absolute atomic E-state index is 10.5. The second-order valence-corrected chi connectivity index (χ2v) is 3.47. The number of nitrogens with one attached hydrogen (secondary N) is 1. The Bertz CT molecular complexity index is 599. The molecule has 1 aromatic carbocycles. The highest BCUT2D eigenvalue weighted by atomic mass is 16.6. The summed E-state index contributed by atoms with van der Waals surface area (Å²) in [6, 6.07) is 11.7. The summed E-state index contributed by atoms with van der Waals surface area (Å²) >= 11 is 0. The summed E-state index contributed by atoms with van der Waals surface area (Å²) in [5.74, 6) is 0.505. The average Bonchev–Trinajstić information content (AvgIpc) is 2.40. The molecular formula is C12H8N4O2. The summed E-state index contributed by atoms with van der Waals surface area (Å²) in [5, 5.41) is 22.1. The number of pyridine rings is 1. The van der Waals surface area contributed by atoms with Crippen LogP contribution in [0.2, 0.25) is 0 Å². The molecule has 0 bridgehead atoms. The SMILES string of the molecule is N#Cc1ccc(Nc2ccc([N+](=O)[O-])cn2)cc1. The Morgan fingerprint density at radius 2 is 1.94 bits per heavy atom. The molecule has 6 nitrogen and oxygen atoms in total. The van der Waals surface area contributed by atoms with Gasteiger partial charge in [0.15, 0.2) is 0 Å². The Hall–Kier alpha value is -2.94. The Labute approximate surface area is 103 Å². The van der Waals surface area contributed by atoms with Crippen molar-refractivity contribution in [2.45, 2.75) is 0 Å². The van der Waals surface area contributed by atoms with E-state index in [0.29, 0.717) is 11.4 Å². The van der Waals surface area contributed by atoms with Gasteiger partial charge in [-0.25, -0.2) is 4.98 Å². The van der Waals surface area contributed by atoms with Crippen molar-refractivity contribution in [1.29, 1.82) is 5.26 Å². The van der Waals surface area contributed by atoms with Gasteiger partial charge in [-0.2, -0.15) is 5.26 Å². The van der Waals surface area contributed by atoms with Gasteiger partial charge in [0.05, 0.1) is 16.6 Å². The van der Waals surface area contributed by atoms with Crippen molar-refractivity contribution in [3.05, 3.63) is 58.3 Å². The molecule has 0 saturated carbocycles. The molecule has 0 unspecified atom stereocenters. The molecule has 0 amide bonds. The van der Waals surface area contributed by atoms with E-state index in [1.54, 1.807) is 24.3 Å². The minimum Gasteiger partial charge on any atom is -0.340 e. The van der Waals surface area contributed by atoms with Gasteiger partial charge < -0.3 is 5.32 Å². The maximum atomic E-state index is 10.5. The Morgan fingerprint density at radius 1 is 1.22 bits per heavy atom. The van der Waals surface area contributed by atoms with Crippen LogP contribution >= 0.6 is 0 Å². The molecule has 18 heavy (non-hydrogen) atoms. The highest BCUT2D eigenvalue weighted by molar-refractivity contribution is 5.57. The van der Waals surface area contributed by atoms with E-state index in [-0.39, 0.29) is 5.69 Å². The normalized spacial score (nSPS) is 9.50. The lowest BCUT2D eigenvalue weighted by Crippen LogP contribution is -1.95. The molecule has 0 aliphatic carbocycles. The predicted octanol–water partition coefficient (Wildman–Crippen LogP) is 2.61. The van der Waals surface area contributed by atoms with Crippen LogP contribution in [0.15, 0.2) is 42.6 Å². The first kappa shape index (κ1) is 11.5. The van der Waals surface area contributed by atoms with Gasteiger partial charge in [0.2, 0.25) is 0 Å². The molecule has 6 heteroatoms. The molecule has 88 valence electrons. The van der Waals surface area contributed by atoms with Crippen LogP contribution in [0, 0.1) is 21.4 Å². The molecule has 0 aliphatic heterocycles. The van der Waals surface area contributed by atoms with Gasteiger partial charge in [0, 0.05) is 11.8 Å². The van der Waals surface area contributed by atoms with E-state index in [9.17, 15) is 10.1 Å². The number of rotatable bonds is 3. The second kappa shape index (κ2) is 4.93. The number of hydrogen-bond acceptors (Lipinski definition) is 5. The van der Waals surface area contributed by atoms with Crippen molar-refractivity contribution >= 4 is 17.2 Å². The first-order chi connectivity index (χ1) is 8.69. The topological polar surface area (TPSA) is 91.8 Å². The van der Waals surface area contributed by atoms with E-state index in [4.69, 9.17) is 5.26 Å². The summed E-state index contributed by atoms with van der Waals surface area (Å²) in [4.78, 5) is 13.9. The fraction of sp³-hybridized carbons (Fsp3) is 0. The van der Waals surface area contributed by atoms with E-state index >= 15 is 0 Å². The monoisotopic (exact) mass is 240 g/mol. The fourth-order valence-corrected chi connectivity index (χ4v) is 1.34. The van der Waals surface area contributed by atoms with Crippen LogP contribution in [0.4, 0.5) is 17.2 Å². The molecule has 0 radical (unpaired) electrons. The van der Waals surface area contributed by atoms with Crippen molar-refractivity contribution in [1.82, 2.24) is 4.98 Å². The van der Waals surface area contributed by atoms with Gasteiger partial charge in [-0.15, -0.1) is 0 Å². The van der Waals surface area contributed by atoms with E-state index in [2.05, 4.69) is 10.3 Å². The van der Waals surface area contributed by atoms with Crippen LogP contribution < -0.4 is 5.32 Å². The molecule has 0 spiro atoms. The van der Waals surface area contributed by atoms with Crippen LogP contribution in [-0.2, 0) is 0 Å². The average molecular weight is 240 g/mol. The molecule has 0 fully saturated rings. The Kier molecular flexibility index (Phi) is 3.16. The predicted molar refractivity (Wildman–Crippen MR) is 65.3 cm³/mol. The smallest absolute Gasteiger partial charge is 0.287 e. The van der Waals surface area contributed by atoms with Crippen molar-refractivity contribution < 1.29 is 4.92 Å². The zero-order valence-electron chi connectivity index (χ0n) is 9.20. The zero-order chi connectivity index (χ0) is 13.0. The van der Waals surface area contributed by atoms with E-state index in [1.165, 1.54) is 18.3 Å². The number of aromatic nitrogens is 1. The van der Waals surface area contributed by atoms with Gasteiger partial charge in [-0.05, 0) is 30.3 Å². The number of nitrogens with zero attached hydrogens (tertiary/aromatic N) is 3. The first-order valence-corrected chi connectivity index (χ1v) is 5.06. The second-order valence-electron chi connectivity index (χ2n) is 3.47. The number of benzene rings is 1. The lowest BCUT2D eigenvalue weighted by atomic mass is 10.2. The fourth-order valence-electron chi connectivity index (χ4n) is 1.34. The van der Waals surface area contributed by atoms with Crippen molar-refractivity contribution in [2.24, 2.45) is 0 Å². The molecule has 0 saturated heterocycles. The lowest BCUT2D eigenvalue weighted by Gasteiger charge is -2.04. The summed E-state index contributed by atoms with van der Waals surface area (Å²) in [6.07, 6.45) is 1.19. The number of hydrogen-bond donors (Lipinski definition) is 1. The van der Waals surface area contributed by atoms with Gasteiger partial charge in [-0.1, -0.05) is 0 Å². The third kappa shape index (κ3) is 2.59. The van der Waals surface area contributed by atoms with Gasteiger partial charge >= 0.3 is 0 Å². The molecule has 1 aromatic heterocycles. The molecule has 0 aliphatic rings. The van der Waals surface area contributed by atoms with Gasteiger partial charge in [0.25, 0.3) is 5.69 Å². The highest BCUT2D eigenvalue weighted by Gasteiger charge is 2.05. The Morgan fingerprint density at radius 3 is 2.44 bits per heavy atom. The van der Waals surface area contributed by atoms with Crippen LogP contribution in [0.25, 0.3) is 0 Å². The summed E-state index contributed by atoms with van der Waals surface area (Å²) < 4.78 is 0. The molecular weight excluding hydrogens is 232 g/mol. The third-order valence-corrected chi connectivity index (χ3v) is 2.25. The number of nitro groups is 1. The van der Waals surface area contributed by atoms with Gasteiger partial charge in [-0.3, -0.25) is 10.1 Å². The standard InChI is InChI=1S/C12H8N4O2/c13-7-9-1-3-10(4-2-9)15-12-6-5-11(8-14-12)16(17)18/h1-6,8H,(H,14,15). The quantitative estimate of drug-likeness (QED) is 0.657. The van der Waals surface area contributed by atoms with Crippen LogP contribution in [0.5, 0.6) is 0 Å². The first-order valence-electron chi connectivity index (χ1n) is 5.06. The zero-order valence-corrected chi connectivity index (χ0v) is 9.20. The maximum Gasteiger partial charge on any atom is 0.287 e. The van der Waals surface area contributed by atoms with E-state index in [1.807, 2.05) is 6.07 Å². The molecule has 2 aromatic rings. The van der Waals surface area contributed by atoms with E-state index < -0.39 is 4.92 Å². The van der Waals surface area contributed by atoms with Crippen molar-refractivity contribution in [3.63, 3.8) is 0 Å². The van der Waals surface area contributed by atoms with Crippen molar-refractivity contribution in [3.8, 4) is 6.07 Å². The minimum absolute atomic E-state index is 0.0552. The van der Waals surface area contributed by atoms with E-state index in [0.717, 1.165) is 5.69 Å². The number of nitriles is 1. The molecule has 2 rings (SSSR count). The minimum atomic E-state index is -0.501. The highest BCUT2D eigenvalue weighted by Crippen LogP contribution is 2.17. The van der Waals surface area contributed by atoms with Crippen LogP contribution in [-0.4, -0.2) is 9.91 Å². The third-order valence-electron chi connectivity index (χ3n) is 2.25. The molecule has 1 N–H and O–H groups in total. The molecule has 1 heterocycles. The summed E-state index contributed by atoms with van der Waals surface area (Å²) in [5.41, 5.74) is 1.27. The Balaban J connectivity index is 2.13. The van der Waals surface area contributed by atoms with Crippen molar-refractivity contribution in [2.75, 3.05) is 5.32 Å². The lowest BCUT2D eigenvalue weighted by molar-refractivity contribution is -0.385. The van der Waals surface area contributed by atoms with Crippen LogP contribution in [0.3, 0.4) is 0 Å². The summed E-state index contributed by atoms with van der Waals surface area (Å²) in [7, 11) is 0. The number of anilines is 2.